The summed E-state index contributed by atoms with van der Waals surface area (Å²) >= 11 is 5.24. The van der Waals surface area contributed by atoms with Crippen molar-refractivity contribution in [1.82, 2.24) is 5.32 Å². The maximum atomic E-state index is 10.7. The molecule has 0 unspecified atom stereocenters. The van der Waals surface area contributed by atoms with Gasteiger partial charge in [0.05, 0.1) is 5.88 Å². The summed E-state index contributed by atoms with van der Waals surface area (Å²) < 4.78 is 4.49. The average Bonchev–Trinajstić information content (AvgIpc) is 2.10. The lowest BCUT2D eigenvalue weighted by Gasteiger charge is -1.96. The molecule has 0 aromatic rings. The lowest BCUT2D eigenvalue weighted by Crippen LogP contribution is -2.33. The quantitative estimate of drug-likeness (QED) is 0.380. The van der Waals surface area contributed by atoms with Crippen molar-refractivity contribution < 1.29 is 19.1 Å². The third-order valence-electron chi connectivity index (χ3n) is 0.939. The first-order valence-electron chi connectivity index (χ1n) is 3.57. The Morgan fingerprint density at radius 2 is 2.00 bits per heavy atom. The predicted octanol–water partition coefficient (Wildman–Crippen LogP) is -0.480. The number of nitrogens with two attached hydrogens (primary N) is 1. The summed E-state index contributed by atoms with van der Waals surface area (Å²) in [5.41, 5.74) is 4.64. The van der Waals surface area contributed by atoms with Crippen LogP contribution in [-0.4, -0.2) is 30.4 Å². The molecule has 0 heterocycles. The molecule has 0 rings (SSSR count). The van der Waals surface area contributed by atoms with Gasteiger partial charge in [-0.2, -0.15) is 0 Å². The van der Waals surface area contributed by atoms with Crippen LogP contribution in [0.25, 0.3) is 0 Å². The van der Waals surface area contributed by atoms with E-state index in [1.54, 1.807) is 5.32 Å². The van der Waals surface area contributed by atoms with Crippen LogP contribution in [0.2, 0.25) is 0 Å². The number of hydrogen-bond acceptors (Lipinski definition) is 4. The molecule has 3 amide bonds. The van der Waals surface area contributed by atoms with Crippen molar-refractivity contribution in [2.24, 2.45) is 5.73 Å². The molecule has 0 aliphatic heterocycles. The number of nitrogens with one attached hydrogen (secondary N) is 1. The molecule has 14 heavy (non-hydrogen) atoms. The number of carbonyl (C=O) groups is 3. The minimum Gasteiger partial charge on any atom is -0.461 e. The van der Waals surface area contributed by atoms with Crippen LogP contribution < -0.4 is 11.1 Å². The number of alkyl halides is 1. The van der Waals surface area contributed by atoms with E-state index in [4.69, 9.17) is 11.6 Å². The number of primary amides is 1. The van der Waals surface area contributed by atoms with Crippen LogP contribution in [0, 0.1) is 0 Å². The Morgan fingerprint density at radius 3 is 2.50 bits per heavy atom. The highest BCUT2D eigenvalue weighted by molar-refractivity contribution is 6.18. The van der Waals surface area contributed by atoms with E-state index in [-0.39, 0.29) is 12.5 Å². The number of urea groups is 1. The second kappa shape index (κ2) is 6.90. The highest BCUT2D eigenvalue weighted by Gasteiger charge is 2.00. The van der Waals surface area contributed by atoms with E-state index in [0.29, 0.717) is 0 Å². The lowest BCUT2D eigenvalue weighted by molar-refractivity contribution is -0.137. The summed E-state index contributed by atoms with van der Waals surface area (Å²) in [5, 5.41) is 1.73. The zero-order chi connectivity index (χ0) is 11.0. The van der Waals surface area contributed by atoms with Crippen LogP contribution in [0.4, 0.5) is 4.79 Å². The molecule has 7 heteroatoms. The van der Waals surface area contributed by atoms with E-state index in [1.807, 2.05) is 0 Å². The Morgan fingerprint density at radius 1 is 1.36 bits per heavy atom. The van der Waals surface area contributed by atoms with E-state index >= 15 is 0 Å². The van der Waals surface area contributed by atoms with E-state index in [0.717, 1.165) is 12.2 Å². The predicted molar refractivity (Wildman–Crippen MR) is 48.5 cm³/mol. The van der Waals surface area contributed by atoms with Gasteiger partial charge in [-0.05, 0) is 0 Å². The van der Waals surface area contributed by atoms with Crippen LogP contribution in [0.15, 0.2) is 12.2 Å². The number of halogens is 1. The summed E-state index contributed by atoms with van der Waals surface area (Å²) in [4.78, 5) is 31.6. The summed E-state index contributed by atoms with van der Waals surface area (Å²) in [6.45, 7) is 0.0577. The van der Waals surface area contributed by atoms with E-state index in [9.17, 15) is 14.4 Å². The fourth-order valence-corrected chi connectivity index (χ4v) is 0.571. The van der Waals surface area contributed by atoms with E-state index in [1.165, 1.54) is 0 Å². The van der Waals surface area contributed by atoms with Gasteiger partial charge in [-0.25, -0.2) is 9.59 Å². The van der Waals surface area contributed by atoms with Gasteiger partial charge < -0.3 is 10.5 Å². The van der Waals surface area contributed by atoms with Gasteiger partial charge in [0.25, 0.3) is 5.91 Å². The van der Waals surface area contributed by atoms with Crippen molar-refractivity contribution in [3.05, 3.63) is 12.2 Å². The van der Waals surface area contributed by atoms with Crippen molar-refractivity contribution in [2.75, 3.05) is 12.5 Å². The lowest BCUT2D eigenvalue weighted by atomic mass is 10.4. The molecule has 0 aliphatic rings. The number of rotatable bonds is 4. The molecule has 0 bridgehead atoms. The molecular formula is C7H9ClN2O4. The van der Waals surface area contributed by atoms with E-state index < -0.39 is 17.9 Å². The second-order valence-electron chi connectivity index (χ2n) is 2.04. The Bertz CT molecular complexity index is 264. The number of imide groups is 1. The van der Waals surface area contributed by atoms with Crippen molar-refractivity contribution in [1.29, 1.82) is 0 Å². The second-order valence-corrected chi connectivity index (χ2v) is 2.42. The first kappa shape index (κ1) is 12.4. The van der Waals surface area contributed by atoms with Crippen molar-refractivity contribution >= 4 is 29.5 Å². The molecule has 0 aliphatic carbocycles. The van der Waals surface area contributed by atoms with Gasteiger partial charge in [-0.3, -0.25) is 10.1 Å². The van der Waals surface area contributed by atoms with Gasteiger partial charge in [0, 0.05) is 12.2 Å². The average molecular weight is 221 g/mol. The molecule has 0 radical (unpaired) electrons. The van der Waals surface area contributed by atoms with Crippen LogP contribution in [0.5, 0.6) is 0 Å². The normalized spacial score (nSPS) is 9.79. The summed E-state index contributed by atoms with van der Waals surface area (Å²) in [7, 11) is 0. The highest BCUT2D eigenvalue weighted by Crippen LogP contribution is 1.84. The number of amides is 3. The van der Waals surface area contributed by atoms with Crippen molar-refractivity contribution in [3.8, 4) is 0 Å². The van der Waals surface area contributed by atoms with Gasteiger partial charge in [0.1, 0.15) is 6.61 Å². The first-order chi connectivity index (χ1) is 6.56. The molecule has 0 aromatic carbocycles. The molecule has 0 fully saturated rings. The maximum absolute atomic E-state index is 10.7. The maximum Gasteiger partial charge on any atom is 0.330 e. The monoisotopic (exact) mass is 220 g/mol. The van der Waals surface area contributed by atoms with Crippen LogP contribution in [0.1, 0.15) is 0 Å². The zero-order valence-corrected chi connectivity index (χ0v) is 7.91. The summed E-state index contributed by atoms with van der Waals surface area (Å²) in [6.07, 6.45) is 1.70. The fourth-order valence-electron chi connectivity index (χ4n) is 0.494. The minimum absolute atomic E-state index is 0.0577. The number of ether oxygens (including phenoxy) is 1. The highest BCUT2D eigenvalue weighted by atomic mass is 35.5. The van der Waals surface area contributed by atoms with Crippen LogP contribution in [0.3, 0.4) is 0 Å². The minimum atomic E-state index is -0.992. The molecule has 3 N–H and O–H groups in total. The number of hydrogen-bond donors (Lipinski definition) is 2. The smallest absolute Gasteiger partial charge is 0.330 e. The molecule has 0 spiro atoms. The van der Waals surface area contributed by atoms with Gasteiger partial charge >= 0.3 is 12.0 Å². The van der Waals surface area contributed by atoms with Crippen LogP contribution in [-0.2, 0) is 14.3 Å². The Hall–Kier alpha value is -1.56. The molecule has 0 saturated carbocycles. The number of carbonyl (C=O) groups excluding carboxylic acids is 3. The van der Waals surface area contributed by atoms with Gasteiger partial charge in [-0.15, -0.1) is 11.6 Å². The Labute approximate surface area is 85.0 Å². The van der Waals surface area contributed by atoms with Gasteiger partial charge in [0.2, 0.25) is 0 Å². The first-order valence-corrected chi connectivity index (χ1v) is 4.11. The van der Waals surface area contributed by atoms with Crippen molar-refractivity contribution in [3.63, 3.8) is 0 Å². The molecular weight excluding hydrogens is 212 g/mol. The third kappa shape index (κ3) is 7.11. The SMILES string of the molecule is NC(=O)NC(=O)C=CC(=O)OCCCl. The summed E-state index contributed by atoms with van der Waals surface area (Å²) in [6, 6.07) is -0.992. The fraction of sp³-hybridized carbons (Fsp3) is 0.286. The molecule has 6 nitrogen and oxygen atoms in total. The van der Waals surface area contributed by atoms with Gasteiger partial charge in [-0.1, -0.05) is 0 Å². The molecule has 0 saturated heterocycles. The van der Waals surface area contributed by atoms with Crippen LogP contribution >= 0.6 is 11.6 Å². The zero-order valence-electron chi connectivity index (χ0n) is 7.16. The molecule has 0 aromatic heterocycles. The van der Waals surface area contributed by atoms with E-state index in [2.05, 4.69) is 10.5 Å². The van der Waals surface area contributed by atoms with Gasteiger partial charge in [0.15, 0.2) is 0 Å². The Kier molecular flexibility index (Phi) is 6.13. The largest absolute Gasteiger partial charge is 0.461 e. The standard InChI is InChI=1S/C7H9ClN2O4/c8-3-4-14-6(12)2-1-5(11)10-7(9)13/h1-2H,3-4H2,(H3,9,10,11,13). The van der Waals surface area contributed by atoms with Crippen molar-refractivity contribution in [2.45, 2.75) is 0 Å². The topological polar surface area (TPSA) is 98.5 Å². The number of esters is 1. The summed E-state index contributed by atoms with van der Waals surface area (Å²) in [5.74, 6) is -1.34. The molecule has 0 atom stereocenters. The Balaban J connectivity index is 3.85. The third-order valence-corrected chi connectivity index (χ3v) is 1.09. The molecule has 78 valence electrons.